The van der Waals surface area contributed by atoms with Crippen LogP contribution in [0.1, 0.15) is 19.4 Å². The van der Waals surface area contributed by atoms with Crippen molar-refractivity contribution < 1.29 is 15.0 Å². The summed E-state index contributed by atoms with van der Waals surface area (Å²) in [6.45, 7) is 4.48. The van der Waals surface area contributed by atoms with E-state index < -0.39 is 5.41 Å². The number of nitrogens with zero attached hydrogens (tertiary/aromatic N) is 1. The van der Waals surface area contributed by atoms with E-state index in [-0.39, 0.29) is 19.1 Å². The van der Waals surface area contributed by atoms with Gasteiger partial charge in [-0.25, -0.2) is 0 Å². The number of nitrogens with one attached hydrogen (secondary N) is 1. The molecule has 0 aromatic heterocycles. The van der Waals surface area contributed by atoms with Gasteiger partial charge in [-0.2, -0.15) is 0 Å². The Balaban J connectivity index is 2.66. The summed E-state index contributed by atoms with van der Waals surface area (Å²) < 4.78 is 0. The standard InChI is InChI=1S/C15H24N2O3/c1-12(20)16-14-6-4-5-13(7-14)8-17(3)9-15(2,10-18)11-19/h4-7,18-19H,8-11H2,1-3H3,(H,16,20). The van der Waals surface area contributed by atoms with Crippen LogP contribution in [0.3, 0.4) is 0 Å². The highest BCUT2D eigenvalue weighted by Gasteiger charge is 2.24. The fourth-order valence-corrected chi connectivity index (χ4v) is 2.12. The van der Waals surface area contributed by atoms with Crippen LogP contribution in [0.25, 0.3) is 0 Å². The quantitative estimate of drug-likeness (QED) is 0.698. The maximum atomic E-state index is 11.0. The Kier molecular flexibility index (Phi) is 6.13. The number of hydrogen-bond acceptors (Lipinski definition) is 4. The van der Waals surface area contributed by atoms with E-state index >= 15 is 0 Å². The summed E-state index contributed by atoms with van der Waals surface area (Å²) in [4.78, 5) is 13.1. The molecule has 3 N–H and O–H groups in total. The lowest BCUT2D eigenvalue weighted by atomic mass is 9.92. The molecule has 0 atom stereocenters. The van der Waals surface area contributed by atoms with Crippen LogP contribution in [0.4, 0.5) is 5.69 Å². The Morgan fingerprint density at radius 3 is 2.55 bits per heavy atom. The van der Waals surface area contributed by atoms with E-state index in [0.717, 1.165) is 11.3 Å². The van der Waals surface area contributed by atoms with E-state index in [0.29, 0.717) is 13.1 Å². The number of aliphatic hydroxyl groups is 2. The molecule has 1 aromatic carbocycles. The fraction of sp³-hybridized carbons (Fsp3) is 0.533. The van der Waals surface area contributed by atoms with Crippen molar-refractivity contribution in [2.24, 2.45) is 5.41 Å². The zero-order chi connectivity index (χ0) is 15.2. The van der Waals surface area contributed by atoms with Crippen molar-refractivity contribution in [3.63, 3.8) is 0 Å². The number of aliphatic hydroxyl groups excluding tert-OH is 2. The van der Waals surface area contributed by atoms with Gasteiger partial charge in [0.1, 0.15) is 0 Å². The third-order valence-electron chi connectivity index (χ3n) is 3.11. The van der Waals surface area contributed by atoms with Gasteiger partial charge < -0.3 is 20.4 Å². The van der Waals surface area contributed by atoms with Gasteiger partial charge in [0.2, 0.25) is 5.91 Å². The molecule has 20 heavy (non-hydrogen) atoms. The molecular weight excluding hydrogens is 256 g/mol. The summed E-state index contributed by atoms with van der Waals surface area (Å²) in [6.07, 6.45) is 0. The van der Waals surface area contributed by atoms with Gasteiger partial charge >= 0.3 is 0 Å². The normalized spacial score (nSPS) is 11.7. The SMILES string of the molecule is CC(=O)Nc1cccc(CN(C)CC(C)(CO)CO)c1. The molecule has 0 radical (unpaired) electrons. The van der Waals surface area contributed by atoms with Gasteiger partial charge in [-0.3, -0.25) is 4.79 Å². The van der Waals surface area contributed by atoms with Gasteiger partial charge in [0.15, 0.2) is 0 Å². The van der Waals surface area contributed by atoms with Gasteiger partial charge in [0, 0.05) is 31.1 Å². The lowest BCUT2D eigenvalue weighted by molar-refractivity contribution is -0.114. The first kappa shape index (κ1) is 16.6. The Hall–Kier alpha value is -1.43. The molecule has 5 heteroatoms. The second kappa shape index (κ2) is 7.38. The Morgan fingerprint density at radius 2 is 2.00 bits per heavy atom. The first-order chi connectivity index (χ1) is 9.38. The zero-order valence-electron chi connectivity index (χ0n) is 12.4. The Bertz CT molecular complexity index is 444. The molecule has 0 aliphatic rings. The molecule has 112 valence electrons. The van der Waals surface area contributed by atoms with E-state index in [1.807, 2.05) is 43.1 Å². The van der Waals surface area contributed by atoms with Gasteiger partial charge in [-0.1, -0.05) is 19.1 Å². The molecule has 0 fully saturated rings. The summed E-state index contributed by atoms with van der Waals surface area (Å²) >= 11 is 0. The van der Waals surface area contributed by atoms with Crippen LogP contribution in [0.2, 0.25) is 0 Å². The number of anilines is 1. The molecule has 0 saturated carbocycles. The minimum Gasteiger partial charge on any atom is -0.396 e. The predicted octanol–water partition coefficient (Wildman–Crippen LogP) is 1.07. The maximum absolute atomic E-state index is 11.0. The van der Waals surface area contributed by atoms with E-state index in [1.54, 1.807) is 0 Å². The van der Waals surface area contributed by atoms with E-state index in [2.05, 4.69) is 5.32 Å². The molecule has 0 bridgehead atoms. The van der Waals surface area contributed by atoms with Gasteiger partial charge in [0.25, 0.3) is 0 Å². The highest BCUT2D eigenvalue weighted by Crippen LogP contribution is 2.18. The zero-order valence-corrected chi connectivity index (χ0v) is 12.4. The molecule has 0 saturated heterocycles. The number of carbonyl (C=O) groups excluding carboxylic acids is 1. The lowest BCUT2D eigenvalue weighted by Gasteiger charge is -2.30. The van der Waals surface area contributed by atoms with Crippen LogP contribution in [-0.2, 0) is 11.3 Å². The topological polar surface area (TPSA) is 72.8 Å². The molecular formula is C15H24N2O3. The van der Waals surface area contributed by atoms with Gasteiger partial charge in [0.05, 0.1) is 13.2 Å². The van der Waals surface area contributed by atoms with Crippen LogP contribution < -0.4 is 5.32 Å². The van der Waals surface area contributed by atoms with E-state index in [1.165, 1.54) is 6.92 Å². The van der Waals surface area contributed by atoms with E-state index in [4.69, 9.17) is 0 Å². The molecule has 5 nitrogen and oxygen atoms in total. The molecule has 1 aromatic rings. The third-order valence-corrected chi connectivity index (χ3v) is 3.11. The fourth-order valence-electron chi connectivity index (χ4n) is 2.12. The van der Waals surface area contributed by atoms with Crippen molar-refractivity contribution in [1.82, 2.24) is 4.90 Å². The molecule has 0 aliphatic heterocycles. The average molecular weight is 280 g/mol. The molecule has 0 spiro atoms. The van der Waals surface area contributed by atoms with Crippen molar-refractivity contribution in [1.29, 1.82) is 0 Å². The number of carbonyl (C=O) groups is 1. The van der Waals surface area contributed by atoms with Crippen molar-refractivity contribution in [3.8, 4) is 0 Å². The van der Waals surface area contributed by atoms with Crippen LogP contribution >= 0.6 is 0 Å². The number of rotatable bonds is 7. The Labute approximate surface area is 120 Å². The summed E-state index contributed by atoms with van der Waals surface area (Å²) in [5.74, 6) is -0.0939. The first-order valence-corrected chi connectivity index (χ1v) is 6.65. The second-order valence-corrected chi connectivity index (χ2v) is 5.68. The maximum Gasteiger partial charge on any atom is 0.221 e. The van der Waals surface area contributed by atoms with Crippen molar-refractivity contribution in [2.45, 2.75) is 20.4 Å². The molecule has 1 amide bonds. The van der Waals surface area contributed by atoms with Crippen LogP contribution in [-0.4, -0.2) is 47.8 Å². The highest BCUT2D eigenvalue weighted by molar-refractivity contribution is 5.88. The van der Waals surface area contributed by atoms with Crippen molar-refractivity contribution in [3.05, 3.63) is 29.8 Å². The summed E-state index contributed by atoms with van der Waals surface area (Å²) in [6, 6.07) is 7.65. The van der Waals surface area contributed by atoms with Crippen LogP contribution in [0.15, 0.2) is 24.3 Å². The van der Waals surface area contributed by atoms with Crippen molar-refractivity contribution >= 4 is 11.6 Å². The largest absolute Gasteiger partial charge is 0.396 e. The van der Waals surface area contributed by atoms with Crippen LogP contribution in [0.5, 0.6) is 0 Å². The molecule has 1 rings (SSSR count). The third kappa shape index (κ3) is 5.28. The smallest absolute Gasteiger partial charge is 0.221 e. The lowest BCUT2D eigenvalue weighted by Crippen LogP contribution is -2.38. The minimum atomic E-state index is -0.510. The molecule has 0 unspecified atom stereocenters. The van der Waals surface area contributed by atoms with Crippen molar-refractivity contribution in [2.75, 3.05) is 32.1 Å². The number of hydrogen-bond donors (Lipinski definition) is 3. The highest BCUT2D eigenvalue weighted by atomic mass is 16.3. The number of benzene rings is 1. The summed E-state index contributed by atoms with van der Waals surface area (Å²) in [7, 11) is 1.94. The minimum absolute atomic E-state index is 0.0558. The predicted molar refractivity (Wildman–Crippen MR) is 79.4 cm³/mol. The Morgan fingerprint density at radius 1 is 1.35 bits per heavy atom. The summed E-state index contributed by atoms with van der Waals surface area (Å²) in [5.41, 5.74) is 1.33. The molecule has 0 aliphatic carbocycles. The van der Waals surface area contributed by atoms with Gasteiger partial charge in [-0.05, 0) is 24.7 Å². The monoisotopic (exact) mass is 280 g/mol. The second-order valence-electron chi connectivity index (χ2n) is 5.68. The summed E-state index contributed by atoms with van der Waals surface area (Å²) in [5, 5.41) is 21.4. The first-order valence-electron chi connectivity index (χ1n) is 6.65. The van der Waals surface area contributed by atoms with Gasteiger partial charge in [-0.15, -0.1) is 0 Å². The van der Waals surface area contributed by atoms with E-state index in [9.17, 15) is 15.0 Å². The van der Waals surface area contributed by atoms with Crippen LogP contribution in [0, 0.1) is 5.41 Å². The average Bonchev–Trinajstić information content (AvgIpc) is 2.38. The molecule has 0 heterocycles. The number of amides is 1.